The SMILES string of the molecule is CCOC(C)CN1Cc2cc(Br)cc(C)c2C1=O. The Morgan fingerprint density at radius 1 is 1.50 bits per heavy atom. The summed E-state index contributed by atoms with van der Waals surface area (Å²) in [5, 5.41) is 0. The zero-order valence-corrected chi connectivity index (χ0v) is 12.6. The van der Waals surface area contributed by atoms with Gasteiger partial charge in [0.1, 0.15) is 0 Å². The molecule has 0 aromatic heterocycles. The van der Waals surface area contributed by atoms with Crippen LogP contribution in [-0.2, 0) is 11.3 Å². The third-order valence-corrected chi connectivity index (χ3v) is 3.63. The first kappa shape index (κ1) is 13.6. The highest BCUT2D eigenvalue weighted by molar-refractivity contribution is 9.10. The van der Waals surface area contributed by atoms with Crippen molar-refractivity contribution in [3.8, 4) is 0 Å². The van der Waals surface area contributed by atoms with E-state index in [-0.39, 0.29) is 12.0 Å². The predicted molar refractivity (Wildman–Crippen MR) is 74.7 cm³/mol. The molecule has 1 aromatic carbocycles. The molecule has 1 aromatic rings. The highest BCUT2D eigenvalue weighted by Crippen LogP contribution is 2.29. The Balaban J connectivity index is 2.18. The number of hydrogen-bond acceptors (Lipinski definition) is 2. The van der Waals surface area contributed by atoms with Gasteiger partial charge in [0, 0.05) is 29.7 Å². The van der Waals surface area contributed by atoms with Crippen molar-refractivity contribution in [3.05, 3.63) is 33.3 Å². The van der Waals surface area contributed by atoms with Crippen LogP contribution in [0.15, 0.2) is 16.6 Å². The quantitative estimate of drug-likeness (QED) is 0.855. The van der Waals surface area contributed by atoms with Crippen LogP contribution in [0.3, 0.4) is 0 Å². The Morgan fingerprint density at radius 2 is 2.22 bits per heavy atom. The Morgan fingerprint density at radius 3 is 2.89 bits per heavy atom. The van der Waals surface area contributed by atoms with Gasteiger partial charge >= 0.3 is 0 Å². The molecule has 2 rings (SSSR count). The minimum atomic E-state index is 0.0806. The molecule has 0 saturated carbocycles. The normalized spacial score (nSPS) is 16.0. The van der Waals surface area contributed by atoms with Gasteiger partial charge in [-0.05, 0) is 44.0 Å². The van der Waals surface area contributed by atoms with Gasteiger partial charge < -0.3 is 9.64 Å². The number of fused-ring (bicyclic) bond motifs is 1. The Labute approximate surface area is 116 Å². The molecule has 1 aliphatic heterocycles. The maximum atomic E-state index is 12.3. The number of rotatable bonds is 4. The highest BCUT2D eigenvalue weighted by Gasteiger charge is 2.30. The fraction of sp³-hybridized carbons (Fsp3) is 0.500. The van der Waals surface area contributed by atoms with Crippen molar-refractivity contribution in [1.82, 2.24) is 4.90 Å². The van der Waals surface area contributed by atoms with Crippen LogP contribution in [0.1, 0.15) is 35.3 Å². The van der Waals surface area contributed by atoms with Crippen LogP contribution in [0, 0.1) is 6.92 Å². The Bertz CT molecular complexity index is 473. The molecule has 3 nitrogen and oxygen atoms in total. The molecule has 0 aliphatic carbocycles. The van der Waals surface area contributed by atoms with Crippen molar-refractivity contribution in [2.24, 2.45) is 0 Å². The summed E-state index contributed by atoms with van der Waals surface area (Å²) >= 11 is 3.48. The lowest BCUT2D eigenvalue weighted by Gasteiger charge is -2.20. The van der Waals surface area contributed by atoms with Crippen LogP contribution in [0.5, 0.6) is 0 Å². The standard InChI is InChI=1S/C14H18BrNO2/c1-4-18-10(3)7-16-8-11-6-12(15)5-9(2)13(11)14(16)17/h5-6,10H,4,7-8H2,1-3H3. The summed E-state index contributed by atoms with van der Waals surface area (Å²) in [4.78, 5) is 14.2. The lowest BCUT2D eigenvalue weighted by Crippen LogP contribution is -2.32. The van der Waals surface area contributed by atoms with Gasteiger partial charge in [-0.25, -0.2) is 0 Å². The van der Waals surface area contributed by atoms with E-state index < -0.39 is 0 Å². The van der Waals surface area contributed by atoms with E-state index in [9.17, 15) is 4.79 Å². The fourth-order valence-electron chi connectivity index (χ4n) is 2.47. The summed E-state index contributed by atoms with van der Waals surface area (Å²) < 4.78 is 6.54. The van der Waals surface area contributed by atoms with Gasteiger partial charge in [0.25, 0.3) is 5.91 Å². The summed E-state index contributed by atoms with van der Waals surface area (Å²) in [6.45, 7) is 7.98. The summed E-state index contributed by atoms with van der Waals surface area (Å²) in [5.74, 6) is 0.126. The highest BCUT2D eigenvalue weighted by atomic mass is 79.9. The van der Waals surface area contributed by atoms with E-state index in [2.05, 4.69) is 15.9 Å². The van der Waals surface area contributed by atoms with Crippen molar-refractivity contribution in [1.29, 1.82) is 0 Å². The van der Waals surface area contributed by atoms with E-state index in [0.29, 0.717) is 19.7 Å². The molecule has 0 bridgehead atoms. The molecular formula is C14H18BrNO2. The first-order valence-electron chi connectivity index (χ1n) is 6.22. The lowest BCUT2D eigenvalue weighted by molar-refractivity contribution is 0.0393. The zero-order valence-electron chi connectivity index (χ0n) is 11.0. The van der Waals surface area contributed by atoms with E-state index in [1.807, 2.05) is 37.8 Å². The minimum absolute atomic E-state index is 0.0806. The summed E-state index contributed by atoms with van der Waals surface area (Å²) in [6.07, 6.45) is 0.0806. The molecule has 98 valence electrons. The Kier molecular flexibility index (Phi) is 4.07. The number of aryl methyl sites for hydroxylation is 1. The summed E-state index contributed by atoms with van der Waals surface area (Å²) in [6, 6.07) is 4.03. The summed E-state index contributed by atoms with van der Waals surface area (Å²) in [7, 11) is 0. The third kappa shape index (κ3) is 2.59. The molecule has 0 radical (unpaired) electrons. The van der Waals surface area contributed by atoms with Gasteiger partial charge in [0.15, 0.2) is 0 Å². The van der Waals surface area contributed by atoms with Gasteiger partial charge in [0.2, 0.25) is 0 Å². The second-order valence-electron chi connectivity index (χ2n) is 4.71. The van der Waals surface area contributed by atoms with Gasteiger partial charge in [-0.1, -0.05) is 15.9 Å². The van der Waals surface area contributed by atoms with Gasteiger partial charge in [-0.2, -0.15) is 0 Å². The molecule has 0 spiro atoms. The van der Waals surface area contributed by atoms with E-state index in [0.717, 1.165) is 21.2 Å². The van der Waals surface area contributed by atoms with Crippen LogP contribution in [0.4, 0.5) is 0 Å². The molecule has 4 heteroatoms. The molecule has 0 fully saturated rings. The number of carbonyl (C=O) groups is 1. The van der Waals surface area contributed by atoms with E-state index in [4.69, 9.17) is 4.74 Å². The van der Waals surface area contributed by atoms with Crippen molar-refractivity contribution in [2.75, 3.05) is 13.2 Å². The molecule has 1 amide bonds. The summed E-state index contributed by atoms with van der Waals surface area (Å²) in [5.41, 5.74) is 3.01. The number of halogens is 1. The van der Waals surface area contributed by atoms with Gasteiger partial charge in [-0.15, -0.1) is 0 Å². The monoisotopic (exact) mass is 311 g/mol. The average Bonchev–Trinajstić information content (AvgIpc) is 2.55. The van der Waals surface area contributed by atoms with E-state index >= 15 is 0 Å². The molecule has 1 unspecified atom stereocenters. The molecule has 1 atom stereocenters. The zero-order chi connectivity index (χ0) is 13.3. The molecule has 1 heterocycles. The number of carbonyl (C=O) groups excluding carboxylic acids is 1. The predicted octanol–water partition coefficient (Wildman–Crippen LogP) is 3.14. The second-order valence-corrected chi connectivity index (χ2v) is 5.62. The lowest BCUT2D eigenvalue weighted by atomic mass is 10.0. The molecule has 1 aliphatic rings. The van der Waals surface area contributed by atoms with Crippen molar-refractivity contribution in [2.45, 2.75) is 33.4 Å². The third-order valence-electron chi connectivity index (χ3n) is 3.17. The molecular weight excluding hydrogens is 294 g/mol. The van der Waals surface area contributed by atoms with Crippen LogP contribution in [0.25, 0.3) is 0 Å². The number of amides is 1. The molecule has 0 N–H and O–H groups in total. The number of benzene rings is 1. The molecule has 18 heavy (non-hydrogen) atoms. The van der Waals surface area contributed by atoms with Crippen LogP contribution < -0.4 is 0 Å². The van der Waals surface area contributed by atoms with Crippen LogP contribution in [-0.4, -0.2) is 30.1 Å². The largest absolute Gasteiger partial charge is 0.377 e. The Hall–Kier alpha value is -0.870. The first-order chi connectivity index (χ1) is 8.52. The topological polar surface area (TPSA) is 29.5 Å². The van der Waals surface area contributed by atoms with Crippen molar-refractivity contribution >= 4 is 21.8 Å². The fourth-order valence-corrected chi connectivity index (χ4v) is 3.09. The molecule has 0 saturated heterocycles. The number of ether oxygens (including phenoxy) is 1. The van der Waals surface area contributed by atoms with Crippen LogP contribution >= 0.6 is 15.9 Å². The van der Waals surface area contributed by atoms with Crippen LogP contribution in [0.2, 0.25) is 0 Å². The smallest absolute Gasteiger partial charge is 0.254 e. The maximum absolute atomic E-state index is 12.3. The maximum Gasteiger partial charge on any atom is 0.254 e. The van der Waals surface area contributed by atoms with Crippen molar-refractivity contribution in [3.63, 3.8) is 0 Å². The first-order valence-corrected chi connectivity index (χ1v) is 7.02. The van der Waals surface area contributed by atoms with E-state index in [1.165, 1.54) is 0 Å². The number of nitrogens with zero attached hydrogens (tertiary/aromatic N) is 1. The van der Waals surface area contributed by atoms with E-state index in [1.54, 1.807) is 0 Å². The van der Waals surface area contributed by atoms with Gasteiger partial charge in [0.05, 0.1) is 6.10 Å². The average molecular weight is 312 g/mol. The second kappa shape index (κ2) is 5.41. The minimum Gasteiger partial charge on any atom is -0.377 e. The van der Waals surface area contributed by atoms with Crippen molar-refractivity contribution < 1.29 is 9.53 Å². The number of hydrogen-bond donors (Lipinski definition) is 0. The van der Waals surface area contributed by atoms with Gasteiger partial charge in [-0.3, -0.25) is 4.79 Å².